The number of hydrogen-bond donors (Lipinski definition) is 2. The number of benzene rings is 2. The van der Waals surface area contributed by atoms with Crippen LogP contribution in [0.1, 0.15) is 37.8 Å². The van der Waals surface area contributed by atoms with Gasteiger partial charge in [0.15, 0.2) is 5.82 Å². The van der Waals surface area contributed by atoms with E-state index in [0.717, 1.165) is 64.3 Å². The van der Waals surface area contributed by atoms with E-state index in [0.29, 0.717) is 53.4 Å². The molecular formula is C34H42ClFN8O3. The first-order valence-corrected chi connectivity index (χ1v) is 16.6. The number of rotatable bonds is 10. The number of amides is 1. The number of carbonyl (C=O) groups is 1. The van der Waals surface area contributed by atoms with Crippen molar-refractivity contribution in [3.63, 3.8) is 0 Å². The van der Waals surface area contributed by atoms with Crippen molar-refractivity contribution in [2.45, 2.75) is 38.3 Å². The zero-order valence-electron chi connectivity index (χ0n) is 26.9. The number of hydroxylamine groups is 1. The number of methoxy groups -OCH3 is 1. The number of nitrogens with zero attached hydrogens (tertiary/aromatic N) is 6. The van der Waals surface area contributed by atoms with E-state index in [-0.39, 0.29) is 17.0 Å². The van der Waals surface area contributed by atoms with E-state index in [4.69, 9.17) is 21.2 Å². The number of halogens is 2. The standard InChI is InChI=1S/C34H42ClFN8O3/c1-4-33(45)40-26-19-27(30(46-3)20-29(26)43-12-9-23(10-13-43)42-16-14-41(5-2)15-17-42)39-31-21-32(38-22-37-31)44-28(11-18-47-44)24-7-6-8-25(36)34(24)35/h4,6-8,19-23,28H,1,5,9-18H2,2-3H3,(H,40,45)(H,37,38,39). The second-order valence-corrected chi connectivity index (χ2v) is 12.3. The molecule has 47 heavy (non-hydrogen) atoms. The maximum atomic E-state index is 14.3. The van der Waals surface area contributed by atoms with Crippen LogP contribution in [-0.4, -0.2) is 91.2 Å². The van der Waals surface area contributed by atoms with E-state index in [9.17, 15) is 9.18 Å². The molecule has 2 N–H and O–H groups in total. The SMILES string of the molecule is C=CC(=O)Nc1cc(Nc2cc(N3OCCC3c3cccc(F)c3Cl)ncn2)c(OC)cc1N1CCC(N2CCN(CC)CC2)CC1. The van der Waals surface area contributed by atoms with Gasteiger partial charge in [0.25, 0.3) is 0 Å². The number of aromatic nitrogens is 2. The summed E-state index contributed by atoms with van der Waals surface area (Å²) in [6.45, 7) is 13.6. The molecule has 13 heteroatoms. The third kappa shape index (κ3) is 7.30. The van der Waals surface area contributed by atoms with E-state index in [1.54, 1.807) is 30.4 Å². The van der Waals surface area contributed by atoms with Crippen molar-refractivity contribution in [2.24, 2.45) is 0 Å². The fourth-order valence-electron chi connectivity index (χ4n) is 6.73. The van der Waals surface area contributed by atoms with Crippen molar-refractivity contribution in [2.75, 3.05) is 80.1 Å². The first-order valence-electron chi connectivity index (χ1n) is 16.2. The Balaban J connectivity index is 1.22. The van der Waals surface area contributed by atoms with Crippen molar-refractivity contribution in [3.8, 4) is 5.75 Å². The van der Waals surface area contributed by atoms with E-state index in [1.165, 1.54) is 18.5 Å². The number of carbonyl (C=O) groups excluding carboxylic acids is 1. The normalized spacial score (nSPS) is 19.5. The predicted octanol–water partition coefficient (Wildman–Crippen LogP) is 5.64. The summed E-state index contributed by atoms with van der Waals surface area (Å²) in [7, 11) is 1.62. The fraction of sp³-hybridized carbons (Fsp3) is 0.441. The van der Waals surface area contributed by atoms with Gasteiger partial charge in [-0.2, -0.15) is 0 Å². The lowest BCUT2D eigenvalue weighted by atomic mass is 10.0. The topological polar surface area (TPSA) is 98.3 Å². The predicted molar refractivity (Wildman–Crippen MR) is 183 cm³/mol. The summed E-state index contributed by atoms with van der Waals surface area (Å²) >= 11 is 6.32. The van der Waals surface area contributed by atoms with Crippen LogP contribution in [0.5, 0.6) is 5.75 Å². The summed E-state index contributed by atoms with van der Waals surface area (Å²) in [5.41, 5.74) is 2.77. The number of piperazine rings is 1. The molecule has 3 fully saturated rings. The van der Waals surface area contributed by atoms with Crippen molar-refractivity contribution in [1.29, 1.82) is 0 Å². The fourth-order valence-corrected chi connectivity index (χ4v) is 6.98. The van der Waals surface area contributed by atoms with Gasteiger partial charge >= 0.3 is 0 Å². The lowest BCUT2D eigenvalue weighted by molar-refractivity contribution is -0.111. The molecule has 1 unspecified atom stereocenters. The largest absolute Gasteiger partial charge is 0.494 e. The Labute approximate surface area is 280 Å². The minimum Gasteiger partial charge on any atom is -0.494 e. The summed E-state index contributed by atoms with van der Waals surface area (Å²) in [6, 6.07) is 10.6. The lowest BCUT2D eigenvalue weighted by Crippen LogP contribution is -2.53. The number of likely N-dealkylation sites (N-methyl/N-ethyl adjacent to an activating group) is 1. The highest BCUT2D eigenvalue weighted by molar-refractivity contribution is 6.31. The molecule has 0 bridgehead atoms. The van der Waals surface area contributed by atoms with Gasteiger partial charge in [-0.15, -0.1) is 0 Å². The van der Waals surface area contributed by atoms with Gasteiger partial charge in [0.1, 0.15) is 23.7 Å². The van der Waals surface area contributed by atoms with Crippen LogP contribution >= 0.6 is 11.6 Å². The minimum atomic E-state index is -0.481. The summed E-state index contributed by atoms with van der Waals surface area (Å²) < 4.78 is 20.1. The number of hydrogen-bond acceptors (Lipinski definition) is 10. The highest BCUT2D eigenvalue weighted by Crippen LogP contribution is 2.41. The zero-order valence-corrected chi connectivity index (χ0v) is 27.7. The van der Waals surface area contributed by atoms with Gasteiger partial charge in [-0.3, -0.25) is 14.5 Å². The third-order valence-corrected chi connectivity index (χ3v) is 9.72. The molecular weight excluding hydrogens is 623 g/mol. The van der Waals surface area contributed by atoms with Gasteiger partial charge in [0, 0.05) is 63.9 Å². The maximum Gasteiger partial charge on any atom is 0.247 e. The Morgan fingerprint density at radius 3 is 2.62 bits per heavy atom. The molecule has 0 aliphatic carbocycles. The number of piperidine rings is 1. The highest BCUT2D eigenvalue weighted by Gasteiger charge is 2.32. The molecule has 4 heterocycles. The molecule has 1 aromatic heterocycles. The van der Waals surface area contributed by atoms with E-state index >= 15 is 0 Å². The first kappa shape index (κ1) is 33.0. The summed E-state index contributed by atoms with van der Waals surface area (Å²) in [5.74, 6) is 0.775. The van der Waals surface area contributed by atoms with Crippen LogP contribution in [0.25, 0.3) is 0 Å². The van der Waals surface area contributed by atoms with Gasteiger partial charge in [-0.05, 0) is 43.2 Å². The van der Waals surface area contributed by atoms with Crippen LogP contribution in [-0.2, 0) is 9.63 Å². The molecule has 1 amide bonds. The first-order chi connectivity index (χ1) is 22.9. The van der Waals surface area contributed by atoms with Gasteiger partial charge in [-0.1, -0.05) is 37.2 Å². The van der Waals surface area contributed by atoms with Crippen molar-refractivity contribution >= 4 is 46.2 Å². The molecule has 0 radical (unpaired) electrons. The summed E-state index contributed by atoms with van der Waals surface area (Å²) in [6.07, 6.45) is 5.40. The molecule has 2 aromatic carbocycles. The van der Waals surface area contributed by atoms with E-state index in [1.807, 2.05) is 12.1 Å². The summed E-state index contributed by atoms with van der Waals surface area (Å²) in [5, 5.41) is 8.03. The monoisotopic (exact) mass is 664 g/mol. The zero-order chi connectivity index (χ0) is 32.9. The number of nitrogens with one attached hydrogen (secondary N) is 2. The van der Waals surface area contributed by atoms with Gasteiger partial charge in [0.05, 0.1) is 41.8 Å². The average molecular weight is 665 g/mol. The van der Waals surface area contributed by atoms with Crippen LogP contribution in [0.3, 0.4) is 0 Å². The minimum absolute atomic E-state index is 0.0679. The molecule has 1 atom stereocenters. The highest BCUT2D eigenvalue weighted by atomic mass is 35.5. The molecule has 3 aromatic rings. The Kier molecular flexibility index (Phi) is 10.4. The second-order valence-electron chi connectivity index (χ2n) is 11.9. The van der Waals surface area contributed by atoms with Gasteiger partial charge < -0.3 is 25.2 Å². The smallest absolute Gasteiger partial charge is 0.247 e. The molecule has 0 saturated carbocycles. The molecule has 3 saturated heterocycles. The summed E-state index contributed by atoms with van der Waals surface area (Å²) in [4.78, 5) is 34.8. The van der Waals surface area contributed by atoms with Crippen LogP contribution < -0.4 is 25.3 Å². The van der Waals surface area contributed by atoms with Gasteiger partial charge in [-0.25, -0.2) is 19.4 Å². The van der Waals surface area contributed by atoms with Crippen LogP contribution in [0, 0.1) is 5.82 Å². The third-order valence-electron chi connectivity index (χ3n) is 9.32. The molecule has 3 aliphatic rings. The molecule has 11 nitrogen and oxygen atoms in total. The molecule has 6 rings (SSSR count). The van der Waals surface area contributed by atoms with Crippen LogP contribution in [0.4, 0.5) is 33.1 Å². The Morgan fingerprint density at radius 2 is 1.89 bits per heavy atom. The van der Waals surface area contributed by atoms with Crippen molar-refractivity contribution in [1.82, 2.24) is 19.8 Å². The average Bonchev–Trinajstić information content (AvgIpc) is 3.60. The molecule has 250 valence electrons. The van der Waals surface area contributed by atoms with Crippen molar-refractivity contribution < 1.29 is 18.8 Å². The van der Waals surface area contributed by atoms with E-state index in [2.05, 4.69) is 48.8 Å². The van der Waals surface area contributed by atoms with Crippen LogP contribution in [0.2, 0.25) is 5.02 Å². The van der Waals surface area contributed by atoms with Crippen LogP contribution in [0.15, 0.2) is 55.4 Å². The number of anilines is 5. The van der Waals surface area contributed by atoms with E-state index < -0.39 is 5.82 Å². The Hall–Kier alpha value is -3.97. The molecule has 3 aliphatic heterocycles. The second kappa shape index (κ2) is 14.8. The maximum absolute atomic E-state index is 14.3. The van der Waals surface area contributed by atoms with Crippen molar-refractivity contribution in [3.05, 3.63) is 71.8 Å². The lowest BCUT2D eigenvalue weighted by Gasteiger charge is -2.43. The quantitative estimate of drug-likeness (QED) is 0.265. The molecule has 0 spiro atoms. The number of ether oxygens (including phenoxy) is 1. The Morgan fingerprint density at radius 1 is 1.11 bits per heavy atom. The Bertz CT molecular complexity index is 1580. The van der Waals surface area contributed by atoms with Gasteiger partial charge in [0.2, 0.25) is 5.91 Å².